The molecule has 18 heavy (non-hydrogen) atoms. The van der Waals surface area contributed by atoms with Crippen molar-refractivity contribution in [3.8, 4) is 0 Å². The summed E-state index contributed by atoms with van der Waals surface area (Å²) in [5.41, 5.74) is 1.80. The maximum absolute atomic E-state index is 12.3. The number of rotatable bonds is 3. The zero-order valence-corrected chi connectivity index (χ0v) is 11.3. The molecular formula is C14H21N3O. The fraction of sp³-hybridized carbons (Fsp3) is 0.500. The second-order valence-corrected chi connectivity index (χ2v) is 4.98. The van der Waals surface area contributed by atoms with Crippen LogP contribution in [0.5, 0.6) is 0 Å². The molecule has 1 unspecified atom stereocenters. The largest absolute Gasteiger partial charge is 0.388 e. The van der Waals surface area contributed by atoms with E-state index in [0.29, 0.717) is 6.04 Å². The molecule has 0 bridgehead atoms. The predicted molar refractivity (Wildman–Crippen MR) is 74.0 cm³/mol. The number of hydrogen-bond acceptors (Lipinski definition) is 3. The third kappa shape index (κ3) is 2.64. The molecule has 1 fully saturated rings. The second-order valence-electron chi connectivity index (χ2n) is 4.98. The van der Waals surface area contributed by atoms with Gasteiger partial charge in [-0.3, -0.25) is 4.79 Å². The van der Waals surface area contributed by atoms with Crippen molar-refractivity contribution in [3.63, 3.8) is 0 Å². The van der Waals surface area contributed by atoms with Crippen molar-refractivity contribution in [2.45, 2.75) is 12.5 Å². The van der Waals surface area contributed by atoms with Gasteiger partial charge in [-0.2, -0.15) is 0 Å². The summed E-state index contributed by atoms with van der Waals surface area (Å²) in [5, 5.41) is 3.05. The van der Waals surface area contributed by atoms with E-state index in [1.54, 1.807) is 0 Å². The minimum atomic E-state index is 0.141. The molecule has 1 aliphatic rings. The van der Waals surface area contributed by atoms with Crippen molar-refractivity contribution in [2.24, 2.45) is 0 Å². The van der Waals surface area contributed by atoms with E-state index in [1.165, 1.54) is 0 Å². The molecule has 2 rings (SSSR count). The molecule has 0 saturated carbocycles. The number of nitrogens with one attached hydrogen (secondary N) is 1. The molecule has 1 saturated heterocycles. The van der Waals surface area contributed by atoms with Crippen molar-refractivity contribution >= 4 is 11.6 Å². The quantitative estimate of drug-likeness (QED) is 0.879. The Kier molecular flexibility index (Phi) is 3.87. The Balaban J connectivity index is 2.03. The molecule has 98 valence electrons. The lowest BCUT2D eigenvalue weighted by molar-refractivity contribution is 0.0783. The van der Waals surface area contributed by atoms with Crippen LogP contribution in [0.3, 0.4) is 0 Å². The Morgan fingerprint density at radius 2 is 2.00 bits per heavy atom. The lowest BCUT2D eigenvalue weighted by atomic mass is 10.2. The van der Waals surface area contributed by atoms with Gasteiger partial charge in [-0.15, -0.1) is 0 Å². The summed E-state index contributed by atoms with van der Waals surface area (Å²) >= 11 is 0. The summed E-state index contributed by atoms with van der Waals surface area (Å²) < 4.78 is 0. The van der Waals surface area contributed by atoms with E-state index in [1.807, 2.05) is 36.2 Å². The molecule has 1 aromatic rings. The first-order valence-electron chi connectivity index (χ1n) is 6.35. The van der Waals surface area contributed by atoms with Gasteiger partial charge in [-0.25, -0.2) is 0 Å². The van der Waals surface area contributed by atoms with Crippen LogP contribution in [0, 0.1) is 0 Å². The standard InChI is InChI=1S/C14H21N3O/c1-15-12-6-4-11(5-7-12)14(18)17-9-8-13(10-17)16(2)3/h4-7,13,15H,8-10H2,1-3H3. The molecule has 0 spiro atoms. The van der Waals surface area contributed by atoms with Gasteiger partial charge in [0.05, 0.1) is 0 Å². The monoisotopic (exact) mass is 247 g/mol. The summed E-state index contributed by atoms with van der Waals surface area (Å²) in [7, 11) is 6.01. The average Bonchev–Trinajstić information content (AvgIpc) is 2.88. The number of nitrogens with zero attached hydrogens (tertiary/aromatic N) is 2. The SMILES string of the molecule is CNc1ccc(C(=O)N2CCC(N(C)C)C2)cc1. The van der Waals surface area contributed by atoms with Crippen LogP contribution in [0.4, 0.5) is 5.69 Å². The van der Waals surface area contributed by atoms with Crippen LogP contribution in [0.2, 0.25) is 0 Å². The first kappa shape index (κ1) is 12.9. The van der Waals surface area contributed by atoms with Gasteiger partial charge in [0.2, 0.25) is 0 Å². The van der Waals surface area contributed by atoms with E-state index >= 15 is 0 Å². The maximum atomic E-state index is 12.3. The highest BCUT2D eigenvalue weighted by molar-refractivity contribution is 5.94. The summed E-state index contributed by atoms with van der Waals surface area (Å²) in [4.78, 5) is 16.4. The number of benzene rings is 1. The molecule has 1 aromatic carbocycles. The summed E-state index contributed by atoms with van der Waals surface area (Å²) in [6.07, 6.45) is 1.06. The van der Waals surface area contributed by atoms with Crippen molar-refractivity contribution < 1.29 is 4.79 Å². The zero-order chi connectivity index (χ0) is 13.1. The van der Waals surface area contributed by atoms with Crippen molar-refractivity contribution in [1.29, 1.82) is 0 Å². The topological polar surface area (TPSA) is 35.6 Å². The van der Waals surface area contributed by atoms with E-state index in [-0.39, 0.29) is 5.91 Å². The fourth-order valence-electron chi connectivity index (χ4n) is 2.31. The van der Waals surface area contributed by atoms with Crippen LogP contribution in [0.1, 0.15) is 16.8 Å². The molecule has 0 aromatic heterocycles. The van der Waals surface area contributed by atoms with Crippen LogP contribution in [0.25, 0.3) is 0 Å². The highest BCUT2D eigenvalue weighted by Gasteiger charge is 2.27. The smallest absolute Gasteiger partial charge is 0.253 e. The maximum Gasteiger partial charge on any atom is 0.253 e. The Morgan fingerprint density at radius 1 is 1.33 bits per heavy atom. The van der Waals surface area contributed by atoms with Gasteiger partial charge in [-0.1, -0.05) is 0 Å². The minimum absolute atomic E-state index is 0.141. The summed E-state index contributed by atoms with van der Waals surface area (Å²) in [6.45, 7) is 1.69. The third-order valence-corrected chi connectivity index (χ3v) is 3.60. The van der Waals surface area contributed by atoms with E-state index in [9.17, 15) is 4.79 Å². The van der Waals surface area contributed by atoms with Crippen LogP contribution < -0.4 is 5.32 Å². The molecule has 1 atom stereocenters. The van der Waals surface area contributed by atoms with Crippen LogP contribution in [-0.2, 0) is 0 Å². The summed E-state index contributed by atoms with van der Waals surface area (Å²) in [5.74, 6) is 0.141. The first-order valence-corrected chi connectivity index (χ1v) is 6.35. The van der Waals surface area contributed by atoms with Gasteiger partial charge >= 0.3 is 0 Å². The first-order chi connectivity index (χ1) is 8.61. The van der Waals surface area contributed by atoms with Crippen molar-refractivity contribution in [3.05, 3.63) is 29.8 Å². The number of anilines is 1. The number of carbonyl (C=O) groups excluding carboxylic acids is 1. The number of carbonyl (C=O) groups is 1. The number of likely N-dealkylation sites (tertiary alicyclic amines) is 1. The number of hydrogen-bond donors (Lipinski definition) is 1. The molecular weight excluding hydrogens is 226 g/mol. The highest BCUT2D eigenvalue weighted by atomic mass is 16.2. The second kappa shape index (κ2) is 5.40. The van der Waals surface area contributed by atoms with E-state index in [4.69, 9.17) is 0 Å². The zero-order valence-electron chi connectivity index (χ0n) is 11.3. The normalized spacial score (nSPS) is 19.3. The fourth-order valence-corrected chi connectivity index (χ4v) is 2.31. The van der Waals surface area contributed by atoms with Crippen molar-refractivity contribution in [2.75, 3.05) is 39.5 Å². The van der Waals surface area contributed by atoms with Crippen LogP contribution >= 0.6 is 0 Å². The molecule has 1 N–H and O–H groups in total. The van der Waals surface area contributed by atoms with Gasteiger partial charge in [0.25, 0.3) is 5.91 Å². The molecule has 4 heteroatoms. The van der Waals surface area contributed by atoms with Crippen molar-refractivity contribution in [1.82, 2.24) is 9.80 Å². The average molecular weight is 247 g/mol. The summed E-state index contributed by atoms with van der Waals surface area (Å²) in [6, 6.07) is 8.14. The predicted octanol–water partition coefficient (Wildman–Crippen LogP) is 1.50. The lowest BCUT2D eigenvalue weighted by Gasteiger charge is -2.20. The van der Waals surface area contributed by atoms with Crippen LogP contribution in [-0.4, -0.2) is 56.0 Å². The lowest BCUT2D eigenvalue weighted by Crippen LogP contribution is -2.34. The molecule has 1 aliphatic heterocycles. The van der Waals surface area contributed by atoms with Gasteiger partial charge in [-0.05, 0) is 44.8 Å². The van der Waals surface area contributed by atoms with E-state index in [2.05, 4.69) is 24.3 Å². The highest BCUT2D eigenvalue weighted by Crippen LogP contribution is 2.17. The molecule has 0 radical (unpaired) electrons. The van der Waals surface area contributed by atoms with Gasteiger partial charge in [0.1, 0.15) is 0 Å². The molecule has 0 aliphatic carbocycles. The Hall–Kier alpha value is -1.55. The Bertz CT molecular complexity index is 414. The molecule has 1 amide bonds. The number of likely N-dealkylation sites (N-methyl/N-ethyl adjacent to an activating group) is 1. The third-order valence-electron chi connectivity index (χ3n) is 3.60. The van der Waals surface area contributed by atoms with E-state index < -0.39 is 0 Å². The van der Waals surface area contributed by atoms with Crippen LogP contribution in [0.15, 0.2) is 24.3 Å². The van der Waals surface area contributed by atoms with Gasteiger partial charge < -0.3 is 15.1 Å². The molecule has 4 nitrogen and oxygen atoms in total. The number of amides is 1. The Labute approximate surface area is 109 Å². The van der Waals surface area contributed by atoms with Gasteiger partial charge in [0.15, 0.2) is 0 Å². The molecule has 1 heterocycles. The van der Waals surface area contributed by atoms with E-state index in [0.717, 1.165) is 30.8 Å². The Morgan fingerprint density at radius 3 is 2.50 bits per heavy atom. The minimum Gasteiger partial charge on any atom is -0.388 e. The van der Waals surface area contributed by atoms with Gasteiger partial charge in [0, 0.05) is 37.4 Å².